The molecular weight excluding hydrogens is 409 g/mol. The van der Waals surface area contributed by atoms with Gasteiger partial charge in [0.2, 0.25) is 15.6 Å². The van der Waals surface area contributed by atoms with Gasteiger partial charge in [-0.05, 0) is 35.9 Å². The van der Waals surface area contributed by atoms with Crippen LogP contribution in [0.2, 0.25) is 0 Å². The van der Waals surface area contributed by atoms with Crippen molar-refractivity contribution in [3.05, 3.63) is 75.8 Å². The summed E-state index contributed by atoms with van der Waals surface area (Å²) in [5, 5.41) is 3.00. The Balaban J connectivity index is 2.00. The average Bonchev–Trinajstić information content (AvgIpc) is 2.72. The molecule has 1 amide bonds. The van der Waals surface area contributed by atoms with E-state index in [0.717, 1.165) is 6.07 Å². The van der Waals surface area contributed by atoms with E-state index in [1.54, 1.807) is 26.0 Å². The van der Waals surface area contributed by atoms with E-state index >= 15 is 0 Å². The number of nitrogens with one attached hydrogen (secondary N) is 2. The number of benzene rings is 2. The second kappa shape index (κ2) is 8.76. The lowest BCUT2D eigenvalue weighted by molar-refractivity contribution is 0.0952. The molecule has 0 saturated heterocycles. The van der Waals surface area contributed by atoms with Crippen molar-refractivity contribution in [3.8, 4) is 0 Å². The minimum Gasteiger partial charge on any atom is -0.348 e. The lowest BCUT2D eigenvalue weighted by atomic mass is 10.1. The number of nitrogens with zero attached hydrogens (tertiary/aromatic N) is 1. The maximum atomic E-state index is 13.0. The van der Waals surface area contributed by atoms with Gasteiger partial charge < -0.3 is 10.3 Å². The number of amides is 1. The molecule has 0 aliphatic carbocycles. The molecule has 3 rings (SSSR count). The topological polar surface area (TPSA) is 99.3 Å². The first kappa shape index (κ1) is 21.7. The summed E-state index contributed by atoms with van der Waals surface area (Å²) >= 11 is 0. The van der Waals surface area contributed by atoms with Crippen LogP contribution in [-0.2, 0) is 16.6 Å². The molecule has 158 valence electrons. The predicted octanol–water partition coefficient (Wildman–Crippen LogP) is 2.63. The van der Waals surface area contributed by atoms with Crippen molar-refractivity contribution >= 4 is 26.8 Å². The number of aromatic amines is 1. The summed E-state index contributed by atoms with van der Waals surface area (Å²) in [7, 11) is -3.73. The maximum Gasteiger partial charge on any atom is 0.252 e. The van der Waals surface area contributed by atoms with Gasteiger partial charge in [0.1, 0.15) is 5.82 Å². The van der Waals surface area contributed by atoms with Crippen molar-refractivity contribution < 1.29 is 17.6 Å². The Morgan fingerprint density at radius 2 is 1.73 bits per heavy atom. The van der Waals surface area contributed by atoms with Crippen LogP contribution in [0.1, 0.15) is 29.8 Å². The molecule has 0 saturated carbocycles. The fraction of sp³-hybridized carbons (Fsp3) is 0.238. The summed E-state index contributed by atoms with van der Waals surface area (Å²) in [5.41, 5.74) is 0.623. The zero-order chi connectivity index (χ0) is 21.9. The number of halogens is 1. The van der Waals surface area contributed by atoms with E-state index in [-0.39, 0.29) is 22.8 Å². The normalized spacial score (nSPS) is 11.7. The minimum atomic E-state index is -3.73. The highest BCUT2D eigenvalue weighted by atomic mass is 32.2. The minimum absolute atomic E-state index is 0.0401. The molecule has 0 aliphatic heterocycles. The van der Waals surface area contributed by atoms with Crippen LogP contribution in [0, 0.1) is 5.82 Å². The molecule has 1 heterocycles. The number of sulfonamides is 1. The third-order valence-corrected chi connectivity index (χ3v) is 6.81. The SMILES string of the molecule is CCN(CC)S(=O)(=O)c1ccc2[nH]c(=O)cc(C(=O)NCc3ccc(F)cc3)c2c1. The predicted molar refractivity (Wildman–Crippen MR) is 112 cm³/mol. The molecule has 0 radical (unpaired) electrons. The highest BCUT2D eigenvalue weighted by molar-refractivity contribution is 7.89. The molecular formula is C21H22FN3O4S. The highest BCUT2D eigenvalue weighted by Crippen LogP contribution is 2.23. The van der Waals surface area contributed by atoms with Crippen LogP contribution in [0.4, 0.5) is 4.39 Å². The van der Waals surface area contributed by atoms with Crippen LogP contribution >= 0.6 is 0 Å². The molecule has 7 nitrogen and oxygen atoms in total. The number of aromatic nitrogens is 1. The first-order valence-electron chi connectivity index (χ1n) is 9.46. The van der Waals surface area contributed by atoms with Crippen molar-refractivity contribution in [1.82, 2.24) is 14.6 Å². The summed E-state index contributed by atoms with van der Waals surface area (Å²) < 4.78 is 40.0. The van der Waals surface area contributed by atoms with Gasteiger partial charge >= 0.3 is 0 Å². The van der Waals surface area contributed by atoms with Gasteiger partial charge in [0.15, 0.2) is 0 Å². The number of hydrogen-bond donors (Lipinski definition) is 2. The fourth-order valence-electron chi connectivity index (χ4n) is 3.17. The number of fused-ring (bicyclic) bond motifs is 1. The molecule has 9 heteroatoms. The van der Waals surface area contributed by atoms with Crippen LogP contribution in [0.3, 0.4) is 0 Å². The summed E-state index contributed by atoms with van der Waals surface area (Å²) in [6.07, 6.45) is 0. The van der Waals surface area contributed by atoms with E-state index in [1.807, 2.05) is 0 Å². The summed E-state index contributed by atoms with van der Waals surface area (Å²) in [6.45, 7) is 4.24. The lowest BCUT2D eigenvalue weighted by Gasteiger charge is -2.19. The molecule has 0 unspecified atom stereocenters. The molecule has 0 spiro atoms. The first-order chi connectivity index (χ1) is 14.3. The molecule has 0 atom stereocenters. The van der Waals surface area contributed by atoms with E-state index in [2.05, 4.69) is 10.3 Å². The quantitative estimate of drug-likeness (QED) is 0.601. The van der Waals surface area contributed by atoms with E-state index < -0.39 is 21.5 Å². The third-order valence-electron chi connectivity index (χ3n) is 4.77. The van der Waals surface area contributed by atoms with E-state index in [4.69, 9.17) is 0 Å². The summed E-state index contributed by atoms with van der Waals surface area (Å²) in [4.78, 5) is 27.4. The van der Waals surface area contributed by atoms with Gasteiger partial charge in [-0.1, -0.05) is 26.0 Å². The van der Waals surface area contributed by atoms with Gasteiger partial charge in [-0.15, -0.1) is 0 Å². The molecule has 0 aliphatic rings. The zero-order valence-corrected chi connectivity index (χ0v) is 17.4. The van der Waals surface area contributed by atoms with Crippen LogP contribution in [0.15, 0.2) is 58.2 Å². The Kier molecular flexibility index (Phi) is 6.33. The van der Waals surface area contributed by atoms with Crippen LogP contribution in [0.5, 0.6) is 0 Å². The summed E-state index contributed by atoms with van der Waals surface area (Å²) in [6, 6.07) is 11.1. The number of H-pyrrole nitrogens is 1. The Hall–Kier alpha value is -3.04. The standard InChI is InChI=1S/C21H22FN3O4S/c1-3-25(4-2)30(28,29)16-9-10-19-17(11-16)18(12-20(26)24-19)21(27)23-13-14-5-7-15(22)8-6-14/h5-12H,3-4,13H2,1-2H3,(H,23,27)(H,24,26). The molecule has 2 N–H and O–H groups in total. The molecule has 0 fully saturated rings. The van der Waals surface area contributed by atoms with Crippen molar-refractivity contribution in [3.63, 3.8) is 0 Å². The number of hydrogen-bond acceptors (Lipinski definition) is 4. The Morgan fingerprint density at radius 1 is 1.07 bits per heavy atom. The van der Waals surface area contributed by atoms with Crippen molar-refractivity contribution in [2.24, 2.45) is 0 Å². The van der Waals surface area contributed by atoms with Crippen LogP contribution in [0.25, 0.3) is 10.9 Å². The second-order valence-electron chi connectivity index (χ2n) is 6.65. The molecule has 2 aromatic carbocycles. The van der Waals surface area contributed by atoms with Crippen LogP contribution in [-0.4, -0.2) is 36.7 Å². The third kappa shape index (κ3) is 4.42. The molecule has 3 aromatic rings. The van der Waals surface area contributed by atoms with Crippen LogP contribution < -0.4 is 10.9 Å². The number of carbonyl (C=O) groups excluding carboxylic acids is 1. The zero-order valence-electron chi connectivity index (χ0n) is 16.6. The van der Waals surface area contributed by atoms with Gasteiger partial charge in [-0.25, -0.2) is 12.8 Å². The van der Waals surface area contributed by atoms with E-state index in [1.165, 1.54) is 34.6 Å². The molecule has 0 bridgehead atoms. The highest BCUT2D eigenvalue weighted by Gasteiger charge is 2.23. The van der Waals surface area contributed by atoms with Gasteiger partial charge in [0.25, 0.3) is 5.91 Å². The Labute approximate surface area is 173 Å². The Morgan fingerprint density at radius 3 is 2.37 bits per heavy atom. The fourth-order valence-corrected chi connectivity index (χ4v) is 4.66. The summed E-state index contributed by atoms with van der Waals surface area (Å²) in [5.74, 6) is -0.916. The van der Waals surface area contributed by atoms with E-state index in [0.29, 0.717) is 29.6 Å². The van der Waals surface area contributed by atoms with E-state index in [9.17, 15) is 22.4 Å². The second-order valence-corrected chi connectivity index (χ2v) is 8.59. The molecule has 1 aromatic heterocycles. The van der Waals surface area contributed by atoms with Gasteiger partial charge in [-0.3, -0.25) is 9.59 Å². The number of carbonyl (C=O) groups is 1. The molecule has 30 heavy (non-hydrogen) atoms. The Bertz CT molecular complexity index is 1230. The lowest BCUT2D eigenvalue weighted by Crippen LogP contribution is -2.30. The largest absolute Gasteiger partial charge is 0.348 e. The number of rotatable bonds is 7. The van der Waals surface area contributed by atoms with Crippen molar-refractivity contribution in [2.45, 2.75) is 25.3 Å². The van der Waals surface area contributed by atoms with Crippen molar-refractivity contribution in [1.29, 1.82) is 0 Å². The smallest absolute Gasteiger partial charge is 0.252 e. The number of pyridine rings is 1. The first-order valence-corrected chi connectivity index (χ1v) is 10.9. The monoisotopic (exact) mass is 431 g/mol. The van der Waals surface area contributed by atoms with Gasteiger partial charge in [0, 0.05) is 36.6 Å². The maximum absolute atomic E-state index is 13.0. The van der Waals surface area contributed by atoms with Gasteiger partial charge in [0.05, 0.1) is 10.5 Å². The van der Waals surface area contributed by atoms with Crippen molar-refractivity contribution in [2.75, 3.05) is 13.1 Å². The van der Waals surface area contributed by atoms with Gasteiger partial charge in [-0.2, -0.15) is 4.31 Å². The average molecular weight is 431 g/mol.